The van der Waals surface area contributed by atoms with Crippen LogP contribution in [0.15, 0.2) is 29.4 Å². The number of halogens is 1. The molecule has 1 aromatic heterocycles. The van der Waals surface area contributed by atoms with E-state index in [0.717, 1.165) is 10.8 Å². The summed E-state index contributed by atoms with van der Waals surface area (Å²) >= 11 is 3.63. The zero-order valence-corrected chi connectivity index (χ0v) is 9.21. The topological polar surface area (TPSA) is 30.0 Å². The van der Waals surface area contributed by atoms with E-state index in [2.05, 4.69) is 27.6 Å². The molecule has 0 aliphatic heterocycles. The summed E-state index contributed by atoms with van der Waals surface area (Å²) in [5, 5.41) is 0.953. The first-order valence-electron chi connectivity index (χ1n) is 3.38. The summed E-state index contributed by atoms with van der Waals surface area (Å²) in [4.78, 5) is 14.3. The molecule has 0 aliphatic rings. The third kappa shape index (κ3) is 3.53. The van der Waals surface area contributed by atoms with E-state index in [1.807, 2.05) is 24.5 Å². The zero-order valence-electron chi connectivity index (χ0n) is 6.24. The van der Waals surface area contributed by atoms with Gasteiger partial charge >= 0.3 is 0 Å². The molecule has 1 radical (unpaired) electrons. The third-order valence-electron chi connectivity index (χ3n) is 1.14. The Morgan fingerprint density at radius 1 is 1.67 bits per heavy atom. The predicted molar refractivity (Wildman–Crippen MR) is 58.5 cm³/mol. The number of nitrogens with zero attached hydrogens (tertiary/aromatic N) is 1. The van der Waals surface area contributed by atoms with Crippen LogP contribution in [0.1, 0.15) is 0 Å². The van der Waals surface area contributed by atoms with Crippen LogP contribution < -0.4 is 0 Å². The highest BCUT2D eigenvalue weighted by Gasteiger charge is 2.03. The van der Waals surface area contributed by atoms with Crippen LogP contribution in [0.5, 0.6) is 0 Å². The number of pyridine rings is 1. The molecule has 63 valence electrons. The lowest BCUT2D eigenvalue weighted by molar-refractivity contribution is 0.556. The van der Waals surface area contributed by atoms with E-state index < -0.39 is 0 Å². The van der Waals surface area contributed by atoms with Crippen LogP contribution >= 0.6 is 34.4 Å². The monoisotopic (exact) mass is 292 g/mol. The fourth-order valence-electron chi connectivity index (χ4n) is 0.625. The van der Waals surface area contributed by atoms with E-state index in [1.54, 1.807) is 18.0 Å². The van der Waals surface area contributed by atoms with Crippen LogP contribution in [0.25, 0.3) is 0 Å². The molecule has 0 saturated heterocycles. The molecule has 0 bridgehead atoms. The first kappa shape index (κ1) is 9.98. The molecule has 1 rings (SSSR count). The van der Waals surface area contributed by atoms with Crippen molar-refractivity contribution < 1.29 is 4.79 Å². The fourth-order valence-corrected chi connectivity index (χ4v) is 1.86. The van der Waals surface area contributed by atoms with Gasteiger partial charge in [-0.05, 0) is 12.1 Å². The Balaban J connectivity index is 2.38. The van der Waals surface area contributed by atoms with Crippen molar-refractivity contribution in [1.82, 2.24) is 4.98 Å². The average Bonchev–Trinajstić information content (AvgIpc) is 2.16. The molecule has 4 heteroatoms. The smallest absolute Gasteiger partial charge is 0.213 e. The maximum atomic E-state index is 10.2. The van der Waals surface area contributed by atoms with E-state index in [4.69, 9.17) is 0 Å². The van der Waals surface area contributed by atoms with Crippen molar-refractivity contribution in [3.8, 4) is 0 Å². The van der Waals surface area contributed by atoms with E-state index in [1.165, 1.54) is 0 Å². The molecule has 2 nitrogen and oxygen atoms in total. The minimum Gasteiger partial charge on any atom is -0.290 e. The predicted octanol–water partition coefficient (Wildman–Crippen LogP) is 2.09. The molecule has 0 saturated carbocycles. The maximum absolute atomic E-state index is 10.2. The minimum absolute atomic E-state index is 0.0467. The second-order valence-corrected chi connectivity index (χ2v) is 4.61. The van der Waals surface area contributed by atoms with E-state index >= 15 is 0 Å². The molecule has 0 fully saturated rings. The first-order chi connectivity index (χ1) is 5.83. The van der Waals surface area contributed by atoms with Crippen molar-refractivity contribution in [1.29, 1.82) is 0 Å². The molecule has 1 atom stereocenters. The lowest BCUT2D eigenvalue weighted by Crippen LogP contribution is -2.01. The molecular formula is C8H7INOS. The molecule has 0 aliphatic carbocycles. The van der Waals surface area contributed by atoms with Crippen LogP contribution in [-0.2, 0) is 4.79 Å². The Kier molecular flexibility index (Phi) is 4.60. The van der Waals surface area contributed by atoms with Gasteiger partial charge in [-0.2, -0.15) is 0 Å². The number of hydrogen-bond donors (Lipinski definition) is 0. The number of rotatable bonds is 4. The Bertz CT molecular complexity index is 242. The number of alkyl halides is 1. The van der Waals surface area contributed by atoms with E-state index in [-0.39, 0.29) is 3.92 Å². The molecule has 0 amide bonds. The van der Waals surface area contributed by atoms with Crippen molar-refractivity contribution in [2.24, 2.45) is 0 Å². The van der Waals surface area contributed by atoms with E-state index in [9.17, 15) is 4.79 Å². The summed E-state index contributed by atoms with van der Waals surface area (Å²) < 4.78 is -0.0467. The largest absolute Gasteiger partial charge is 0.290 e. The van der Waals surface area contributed by atoms with Gasteiger partial charge in [-0.25, -0.2) is 4.98 Å². The molecule has 0 aromatic carbocycles. The highest BCUT2D eigenvalue weighted by atomic mass is 127. The molecule has 1 unspecified atom stereocenters. The van der Waals surface area contributed by atoms with Gasteiger partial charge in [-0.1, -0.05) is 28.7 Å². The Labute approximate surface area is 89.3 Å². The van der Waals surface area contributed by atoms with Gasteiger partial charge in [0.1, 0.15) is 0 Å². The van der Waals surface area contributed by atoms with Crippen molar-refractivity contribution in [2.75, 3.05) is 5.75 Å². The average molecular weight is 292 g/mol. The van der Waals surface area contributed by atoms with Gasteiger partial charge in [-0.15, -0.1) is 11.8 Å². The van der Waals surface area contributed by atoms with Crippen molar-refractivity contribution >= 4 is 40.6 Å². The summed E-state index contributed by atoms with van der Waals surface area (Å²) in [5.74, 6) is 0.737. The third-order valence-corrected chi connectivity index (χ3v) is 3.47. The standard InChI is InChI=1S/C8H7INOS/c9-7(5-11)6-12-8-3-1-2-4-10-8/h1-4,7H,6H2. The number of hydrogen-bond acceptors (Lipinski definition) is 3. The summed E-state index contributed by atoms with van der Waals surface area (Å²) in [6, 6.07) is 5.73. The highest BCUT2D eigenvalue weighted by molar-refractivity contribution is 14.1. The number of aromatic nitrogens is 1. The molecule has 12 heavy (non-hydrogen) atoms. The highest BCUT2D eigenvalue weighted by Crippen LogP contribution is 2.17. The van der Waals surface area contributed by atoms with Crippen molar-refractivity contribution in [3.63, 3.8) is 0 Å². The van der Waals surface area contributed by atoms with Crippen LogP contribution in [0.3, 0.4) is 0 Å². The molecule has 1 heterocycles. The molecule has 0 spiro atoms. The second kappa shape index (κ2) is 5.53. The molecule has 1 aromatic rings. The summed E-state index contributed by atoms with van der Waals surface area (Å²) in [6.07, 6.45) is 3.67. The lowest BCUT2D eigenvalue weighted by Gasteiger charge is -1.99. The zero-order chi connectivity index (χ0) is 8.81. The summed E-state index contributed by atoms with van der Waals surface area (Å²) in [7, 11) is 0. The normalized spacial score (nSPS) is 12.4. The molecule has 0 N–H and O–H groups in total. The summed E-state index contributed by atoms with van der Waals surface area (Å²) in [5.41, 5.74) is 0. The lowest BCUT2D eigenvalue weighted by atomic mass is 10.5. The number of carbonyl (C=O) groups excluding carboxylic acids is 1. The van der Waals surface area contributed by atoms with Crippen LogP contribution in [-0.4, -0.2) is 20.9 Å². The fraction of sp³-hybridized carbons (Fsp3) is 0.250. The first-order valence-corrected chi connectivity index (χ1v) is 5.61. The summed E-state index contributed by atoms with van der Waals surface area (Å²) in [6.45, 7) is 0. The van der Waals surface area contributed by atoms with Crippen LogP contribution in [0.2, 0.25) is 0 Å². The quantitative estimate of drug-likeness (QED) is 0.483. The Morgan fingerprint density at radius 2 is 2.50 bits per heavy atom. The molecular weight excluding hydrogens is 285 g/mol. The maximum Gasteiger partial charge on any atom is 0.213 e. The van der Waals surface area contributed by atoms with Gasteiger partial charge < -0.3 is 0 Å². The van der Waals surface area contributed by atoms with Crippen LogP contribution in [0.4, 0.5) is 0 Å². The van der Waals surface area contributed by atoms with Crippen molar-refractivity contribution in [2.45, 2.75) is 8.95 Å². The van der Waals surface area contributed by atoms with Gasteiger partial charge in [0, 0.05) is 11.9 Å². The van der Waals surface area contributed by atoms with Gasteiger partial charge in [0.15, 0.2) is 0 Å². The number of thioether (sulfide) groups is 1. The Morgan fingerprint density at radius 3 is 3.08 bits per heavy atom. The van der Waals surface area contributed by atoms with Crippen LogP contribution in [0, 0.1) is 0 Å². The van der Waals surface area contributed by atoms with Gasteiger partial charge in [0.05, 0.1) is 8.95 Å². The Hall–Kier alpha value is -0.100. The minimum atomic E-state index is -0.0467. The van der Waals surface area contributed by atoms with Gasteiger partial charge in [0.25, 0.3) is 0 Å². The van der Waals surface area contributed by atoms with E-state index in [0.29, 0.717) is 0 Å². The SMILES string of the molecule is O=[C]C(I)CSc1ccccn1. The second-order valence-electron chi connectivity index (χ2n) is 2.06. The van der Waals surface area contributed by atoms with Gasteiger partial charge in [-0.3, -0.25) is 4.79 Å². The van der Waals surface area contributed by atoms with Crippen molar-refractivity contribution in [3.05, 3.63) is 24.4 Å². The van der Waals surface area contributed by atoms with Gasteiger partial charge in [0.2, 0.25) is 6.29 Å².